The van der Waals surface area contributed by atoms with E-state index in [2.05, 4.69) is 20.4 Å². The van der Waals surface area contributed by atoms with Crippen LogP contribution in [0.1, 0.15) is 33.1 Å². The van der Waals surface area contributed by atoms with E-state index < -0.39 is 0 Å². The molecule has 0 bridgehead atoms. The minimum Gasteiger partial charge on any atom is -0.458 e. The van der Waals surface area contributed by atoms with Gasteiger partial charge in [-0.15, -0.1) is 0 Å². The van der Waals surface area contributed by atoms with Crippen molar-refractivity contribution >= 4 is 5.97 Å². The van der Waals surface area contributed by atoms with Gasteiger partial charge in [-0.05, 0) is 24.7 Å². The van der Waals surface area contributed by atoms with Gasteiger partial charge in [0.25, 0.3) is 0 Å². The second-order valence-electron chi connectivity index (χ2n) is 7.21. The second kappa shape index (κ2) is 5.62. The summed E-state index contributed by atoms with van der Waals surface area (Å²) in [4.78, 5) is 11.9. The average molecular weight is 310 g/mol. The molecule has 0 N–H and O–H groups in total. The molecule has 22 heavy (non-hydrogen) atoms. The maximum absolute atomic E-state index is 11.9. The maximum atomic E-state index is 11.9. The summed E-state index contributed by atoms with van der Waals surface area (Å²) in [6, 6.07) is 0. The van der Waals surface area contributed by atoms with E-state index in [0.29, 0.717) is 17.4 Å². The van der Waals surface area contributed by atoms with E-state index in [-0.39, 0.29) is 36.0 Å². The van der Waals surface area contributed by atoms with Crippen LogP contribution in [0.4, 0.5) is 0 Å². The molecule has 3 rings (SSSR count). The van der Waals surface area contributed by atoms with Gasteiger partial charge in [0.1, 0.15) is 6.10 Å². The van der Waals surface area contributed by atoms with Gasteiger partial charge in [0.15, 0.2) is 12.6 Å². The van der Waals surface area contributed by atoms with Gasteiger partial charge in [-0.2, -0.15) is 0 Å². The van der Waals surface area contributed by atoms with Gasteiger partial charge < -0.3 is 18.9 Å². The molecule has 0 aromatic carbocycles. The van der Waals surface area contributed by atoms with Crippen molar-refractivity contribution < 1.29 is 23.7 Å². The van der Waals surface area contributed by atoms with Crippen LogP contribution < -0.4 is 0 Å². The summed E-state index contributed by atoms with van der Waals surface area (Å²) in [7, 11) is 3.34. The number of carbonyl (C=O) groups excluding carboxylic acids is 1. The van der Waals surface area contributed by atoms with Crippen LogP contribution in [0.25, 0.3) is 0 Å². The van der Waals surface area contributed by atoms with Gasteiger partial charge in [-0.3, -0.25) is 0 Å². The molecule has 2 saturated heterocycles. The molecular formula is C17H26O5. The lowest BCUT2D eigenvalue weighted by atomic mass is 9.65. The highest BCUT2D eigenvalue weighted by atomic mass is 16.8. The molecule has 0 aromatic rings. The second-order valence-corrected chi connectivity index (χ2v) is 7.21. The number of hydrogen-bond acceptors (Lipinski definition) is 5. The van der Waals surface area contributed by atoms with Gasteiger partial charge in [0.2, 0.25) is 0 Å². The van der Waals surface area contributed by atoms with E-state index in [1.807, 2.05) is 0 Å². The van der Waals surface area contributed by atoms with E-state index in [4.69, 9.17) is 18.9 Å². The van der Waals surface area contributed by atoms with Crippen LogP contribution in [0.5, 0.6) is 0 Å². The number of hydrogen-bond donors (Lipinski definition) is 0. The normalized spacial score (nSPS) is 48.4. The fraction of sp³-hybridized carbons (Fsp3) is 0.824. The third-order valence-corrected chi connectivity index (χ3v) is 5.95. The SMILES string of the molecule is C=C1C(=O)O[C@@H]2C[C@H](C)[C@H]3C[C@H](OC)O[C@H](OC)[C@]3(C)C[C@@H]12. The zero-order valence-electron chi connectivity index (χ0n) is 13.8. The van der Waals surface area contributed by atoms with Crippen molar-refractivity contribution in [3.63, 3.8) is 0 Å². The summed E-state index contributed by atoms with van der Waals surface area (Å²) in [5.41, 5.74) is 0.419. The fourth-order valence-corrected chi connectivity index (χ4v) is 4.75. The molecule has 0 spiro atoms. The Labute approximate surface area is 131 Å². The molecule has 0 aromatic heterocycles. The van der Waals surface area contributed by atoms with E-state index in [1.54, 1.807) is 14.2 Å². The van der Waals surface area contributed by atoms with E-state index in [9.17, 15) is 4.79 Å². The number of esters is 1. The Hall–Kier alpha value is -0.910. The first-order chi connectivity index (χ1) is 10.4. The van der Waals surface area contributed by atoms with Crippen molar-refractivity contribution in [2.45, 2.75) is 51.8 Å². The predicted molar refractivity (Wildman–Crippen MR) is 79.8 cm³/mol. The maximum Gasteiger partial charge on any atom is 0.334 e. The molecule has 5 nitrogen and oxygen atoms in total. The smallest absolute Gasteiger partial charge is 0.334 e. The largest absolute Gasteiger partial charge is 0.458 e. The molecule has 0 amide bonds. The molecule has 2 heterocycles. The minimum atomic E-state index is -0.346. The van der Waals surface area contributed by atoms with E-state index >= 15 is 0 Å². The Kier molecular flexibility index (Phi) is 4.08. The first-order valence-electron chi connectivity index (χ1n) is 8.01. The van der Waals surface area contributed by atoms with Crippen LogP contribution in [-0.2, 0) is 23.7 Å². The third kappa shape index (κ3) is 2.30. The molecule has 1 aliphatic carbocycles. The lowest BCUT2D eigenvalue weighted by Gasteiger charge is -2.50. The molecular weight excluding hydrogens is 284 g/mol. The van der Waals surface area contributed by atoms with Crippen molar-refractivity contribution in [3.8, 4) is 0 Å². The van der Waals surface area contributed by atoms with Crippen LogP contribution in [0.3, 0.4) is 0 Å². The van der Waals surface area contributed by atoms with Crippen molar-refractivity contribution in [1.82, 2.24) is 0 Å². The lowest BCUT2D eigenvalue weighted by molar-refractivity contribution is -0.318. The highest BCUT2D eigenvalue weighted by Crippen LogP contribution is 2.55. The standard InChI is InChI=1S/C17H26O5/c1-9-6-13-11(10(2)15(18)21-13)8-17(3)12(9)7-14(19-4)22-16(17)20-5/h9,11-14,16H,2,6-8H2,1,3-5H3/t9-,11-,12+,13+,14+,16-,17+/m0/s1. The zero-order chi connectivity index (χ0) is 16.1. The summed E-state index contributed by atoms with van der Waals surface area (Å²) < 4.78 is 22.6. The van der Waals surface area contributed by atoms with Crippen LogP contribution >= 0.6 is 0 Å². The molecule has 2 aliphatic heterocycles. The quantitative estimate of drug-likeness (QED) is 0.579. The average Bonchev–Trinajstić information content (AvgIpc) is 2.68. The predicted octanol–water partition coefficient (Wildman–Crippen LogP) is 2.50. The van der Waals surface area contributed by atoms with Gasteiger partial charge in [-0.1, -0.05) is 20.4 Å². The van der Waals surface area contributed by atoms with Crippen molar-refractivity contribution in [1.29, 1.82) is 0 Å². The highest BCUT2D eigenvalue weighted by molar-refractivity contribution is 5.90. The fourth-order valence-electron chi connectivity index (χ4n) is 4.75. The van der Waals surface area contributed by atoms with Gasteiger partial charge in [-0.25, -0.2) is 4.79 Å². The molecule has 5 heteroatoms. The van der Waals surface area contributed by atoms with Crippen molar-refractivity contribution in [2.24, 2.45) is 23.2 Å². The summed E-state index contributed by atoms with van der Waals surface area (Å²) in [5, 5.41) is 0. The van der Waals surface area contributed by atoms with Gasteiger partial charge in [0, 0.05) is 37.5 Å². The molecule has 0 radical (unpaired) electrons. The summed E-state index contributed by atoms with van der Waals surface area (Å²) in [6.45, 7) is 8.38. The Morgan fingerprint density at radius 1 is 1.27 bits per heavy atom. The molecule has 124 valence electrons. The Morgan fingerprint density at radius 3 is 2.64 bits per heavy atom. The molecule has 7 atom stereocenters. The number of methoxy groups -OCH3 is 2. The summed E-state index contributed by atoms with van der Waals surface area (Å²) in [6.07, 6.45) is 1.86. The van der Waals surface area contributed by atoms with Crippen molar-refractivity contribution in [2.75, 3.05) is 14.2 Å². The monoisotopic (exact) mass is 310 g/mol. The van der Waals surface area contributed by atoms with E-state index in [1.165, 1.54) is 0 Å². The molecule has 3 fully saturated rings. The van der Waals surface area contributed by atoms with Crippen LogP contribution in [0.2, 0.25) is 0 Å². The van der Waals surface area contributed by atoms with Crippen LogP contribution in [0, 0.1) is 23.2 Å². The van der Waals surface area contributed by atoms with E-state index in [0.717, 1.165) is 19.3 Å². The first kappa shape index (κ1) is 16.0. The van der Waals surface area contributed by atoms with Crippen LogP contribution in [-0.4, -0.2) is 38.9 Å². The highest BCUT2D eigenvalue weighted by Gasteiger charge is 2.57. The van der Waals surface area contributed by atoms with Gasteiger partial charge in [0.05, 0.1) is 0 Å². The molecule has 0 unspecified atom stereocenters. The zero-order valence-corrected chi connectivity index (χ0v) is 13.8. The number of ether oxygens (including phenoxy) is 4. The third-order valence-electron chi connectivity index (χ3n) is 5.95. The number of rotatable bonds is 2. The summed E-state index contributed by atoms with van der Waals surface area (Å²) >= 11 is 0. The Bertz CT molecular complexity index is 476. The van der Waals surface area contributed by atoms with Crippen molar-refractivity contribution in [3.05, 3.63) is 12.2 Å². The Morgan fingerprint density at radius 2 is 2.00 bits per heavy atom. The minimum absolute atomic E-state index is 0.0593. The first-order valence-corrected chi connectivity index (χ1v) is 8.01. The lowest BCUT2D eigenvalue weighted by Crippen LogP contribution is -2.52. The molecule has 1 saturated carbocycles. The van der Waals surface area contributed by atoms with Gasteiger partial charge >= 0.3 is 5.97 Å². The summed E-state index contributed by atoms with van der Waals surface area (Å²) in [5.74, 6) is 0.612. The number of carbonyl (C=O) groups is 1. The number of fused-ring (bicyclic) bond motifs is 2. The Balaban J connectivity index is 1.95. The topological polar surface area (TPSA) is 54.0 Å². The molecule has 3 aliphatic rings. The van der Waals surface area contributed by atoms with Crippen LogP contribution in [0.15, 0.2) is 12.2 Å².